The lowest BCUT2D eigenvalue weighted by Crippen LogP contribution is -2.59. The van der Waals surface area contributed by atoms with Gasteiger partial charge in [0.2, 0.25) is 5.91 Å². The number of nitrogens with zero attached hydrogens (tertiary/aromatic N) is 2. The SMILES string of the molecule is C=CCN(C(=O)C1N([C@@H](CO)CC(C)C)C(=O)[C@@H]2[C@H](C(=O)OCC)[C@]3(C)CCC12O3)c1cc(C)ccc1C. The first kappa shape index (κ1) is 28.3. The molecule has 1 aromatic carbocycles. The fraction of sp³-hybridized carbons (Fsp3) is 0.633. The minimum absolute atomic E-state index is 0.174. The van der Waals surface area contributed by atoms with E-state index in [1.54, 1.807) is 22.8 Å². The first-order valence-corrected chi connectivity index (χ1v) is 13.7. The standard InChI is InChI=1S/C30H42N2O6/c1-8-14-31(22-16-19(5)10-11-20(22)6)27(35)25-30-13-12-29(7,38-30)24(28(36)37-9-2)23(30)26(34)32(25)21(17-33)15-18(3)4/h8,10-11,16,18,21,23-25,33H,1,9,12-15,17H2,2-7H3/t21-,23+,24-,25?,29+,30?/m1/s1. The lowest BCUT2D eigenvalue weighted by atomic mass is 9.66. The number of aryl methyl sites for hydroxylation is 2. The topological polar surface area (TPSA) is 96.4 Å². The van der Waals surface area contributed by atoms with Crippen LogP contribution in [0.1, 0.15) is 58.1 Å². The number of carbonyl (C=O) groups excluding carboxylic acids is 3. The Hall–Kier alpha value is -2.71. The highest BCUT2D eigenvalue weighted by molar-refractivity contribution is 6.05. The molecule has 3 heterocycles. The maximum Gasteiger partial charge on any atom is 0.312 e. The molecule has 6 atom stereocenters. The molecular formula is C30H42N2O6. The zero-order chi connectivity index (χ0) is 28.0. The summed E-state index contributed by atoms with van der Waals surface area (Å²) < 4.78 is 12.1. The number of rotatable bonds is 10. The average molecular weight is 527 g/mol. The first-order valence-electron chi connectivity index (χ1n) is 13.7. The van der Waals surface area contributed by atoms with E-state index in [1.165, 1.54) is 0 Å². The Morgan fingerprint density at radius 1 is 1.32 bits per heavy atom. The van der Waals surface area contributed by atoms with Crippen LogP contribution in [0.4, 0.5) is 5.69 Å². The molecular weight excluding hydrogens is 484 g/mol. The fourth-order valence-electron chi connectivity index (χ4n) is 7.04. The molecule has 0 aromatic heterocycles. The summed E-state index contributed by atoms with van der Waals surface area (Å²) in [5, 5.41) is 10.5. The van der Waals surface area contributed by atoms with Gasteiger partial charge in [0.15, 0.2) is 0 Å². The number of aliphatic hydroxyl groups excluding tert-OH is 1. The molecule has 208 valence electrons. The molecule has 0 aliphatic carbocycles. The molecule has 8 heteroatoms. The van der Waals surface area contributed by atoms with Crippen molar-refractivity contribution >= 4 is 23.5 Å². The number of aliphatic hydroxyl groups is 1. The van der Waals surface area contributed by atoms with Gasteiger partial charge in [-0.05, 0) is 70.1 Å². The second-order valence-corrected chi connectivity index (χ2v) is 11.7. The van der Waals surface area contributed by atoms with Gasteiger partial charge in [-0.2, -0.15) is 0 Å². The van der Waals surface area contributed by atoms with Gasteiger partial charge in [-0.3, -0.25) is 14.4 Å². The van der Waals surface area contributed by atoms with Crippen LogP contribution in [0.25, 0.3) is 0 Å². The summed E-state index contributed by atoms with van der Waals surface area (Å²) >= 11 is 0. The number of hydrogen-bond donors (Lipinski definition) is 1. The number of benzene rings is 1. The second-order valence-electron chi connectivity index (χ2n) is 11.7. The van der Waals surface area contributed by atoms with Crippen LogP contribution in [0.15, 0.2) is 30.9 Å². The molecule has 3 aliphatic heterocycles. The largest absolute Gasteiger partial charge is 0.466 e. The molecule has 2 unspecified atom stereocenters. The number of fused-ring (bicyclic) bond motifs is 1. The van der Waals surface area contributed by atoms with Crippen LogP contribution in [0.5, 0.6) is 0 Å². The molecule has 2 amide bonds. The zero-order valence-electron chi connectivity index (χ0n) is 23.5. The minimum Gasteiger partial charge on any atom is -0.466 e. The minimum atomic E-state index is -1.18. The van der Waals surface area contributed by atoms with Crippen LogP contribution in [-0.4, -0.2) is 70.8 Å². The number of esters is 1. The summed E-state index contributed by atoms with van der Waals surface area (Å²) in [7, 11) is 0. The highest BCUT2D eigenvalue weighted by atomic mass is 16.6. The third kappa shape index (κ3) is 4.35. The molecule has 3 aliphatic rings. The van der Waals surface area contributed by atoms with Crippen molar-refractivity contribution in [2.45, 2.75) is 84.1 Å². The molecule has 0 radical (unpaired) electrons. The van der Waals surface area contributed by atoms with Crippen LogP contribution in [0.2, 0.25) is 0 Å². The van der Waals surface area contributed by atoms with Crippen molar-refractivity contribution in [1.82, 2.24) is 4.90 Å². The van der Waals surface area contributed by atoms with Crippen molar-refractivity contribution in [3.05, 3.63) is 42.0 Å². The summed E-state index contributed by atoms with van der Waals surface area (Å²) in [5.74, 6) is -2.55. The quantitative estimate of drug-likeness (QED) is 0.370. The van der Waals surface area contributed by atoms with E-state index >= 15 is 0 Å². The zero-order valence-corrected chi connectivity index (χ0v) is 23.5. The van der Waals surface area contributed by atoms with Gasteiger partial charge in [0.05, 0.1) is 30.8 Å². The Balaban J connectivity index is 1.88. The van der Waals surface area contributed by atoms with E-state index in [0.717, 1.165) is 16.8 Å². The molecule has 1 N–H and O–H groups in total. The molecule has 3 saturated heterocycles. The lowest BCUT2D eigenvalue weighted by molar-refractivity contribution is -0.160. The number of anilines is 1. The summed E-state index contributed by atoms with van der Waals surface area (Å²) in [6, 6.07) is 4.35. The summed E-state index contributed by atoms with van der Waals surface area (Å²) in [4.78, 5) is 45.4. The summed E-state index contributed by atoms with van der Waals surface area (Å²) in [6.07, 6.45) is 3.19. The van der Waals surface area contributed by atoms with E-state index in [-0.39, 0.29) is 37.5 Å². The number of amides is 2. The van der Waals surface area contributed by atoms with Gasteiger partial charge in [0.1, 0.15) is 17.6 Å². The van der Waals surface area contributed by atoms with E-state index in [2.05, 4.69) is 6.58 Å². The predicted octanol–water partition coefficient (Wildman–Crippen LogP) is 3.56. The molecule has 1 aromatic rings. The van der Waals surface area contributed by atoms with Crippen molar-refractivity contribution in [3.63, 3.8) is 0 Å². The van der Waals surface area contributed by atoms with Gasteiger partial charge in [-0.1, -0.05) is 32.1 Å². The van der Waals surface area contributed by atoms with Crippen molar-refractivity contribution in [1.29, 1.82) is 0 Å². The van der Waals surface area contributed by atoms with Gasteiger partial charge in [0, 0.05) is 12.2 Å². The summed E-state index contributed by atoms with van der Waals surface area (Å²) in [6.45, 7) is 15.6. The Morgan fingerprint density at radius 3 is 2.63 bits per heavy atom. The molecule has 1 spiro atoms. The van der Waals surface area contributed by atoms with Gasteiger partial charge in [-0.25, -0.2) is 0 Å². The van der Waals surface area contributed by atoms with E-state index in [0.29, 0.717) is 19.3 Å². The van der Waals surface area contributed by atoms with Crippen LogP contribution in [0.3, 0.4) is 0 Å². The highest BCUT2D eigenvalue weighted by Gasteiger charge is 2.79. The van der Waals surface area contributed by atoms with Crippen molar-refractivity contribution in [2.24, 2.45) is 17.8 Å². The third-order valence-electron chi connectivity index (χ3n) is 8.57. The lowest BCUT2D eigenvalue weighted by Gasteiger charge is -2.40. The molecule has 3 fully saturated rings. The maximum absolute atomic E-state index is 14.7. The Bertz CT molecular complexity index is 1120. The van der Waals surface area contributed by atoms with E-state index in [4.69, 9.17) is 9.47 Å². The Morgan fingerprint density at radius 2 is 2.03 bits per heavy atom. The van der Waals surface area contributed by atoms with Crippen LogP contribution in [-0.2, 0) is 23.9 Å². The molecule has 4 rings (SSSR count). The smallest absolute Gasteiger partial charge is 0.312 e. The second kappa shape index (κ2) is 10.5. The molecule has 2 bridgehead atoms. The first-order chi connectivity index (χ1) is 18.0. The normalized spacial score (nSPS) is 30.5. The van der Waals surface area contributed by atoms with Crippen molar-refractivity contribution < 1.29 is 29.0 Å². The van der Waals surface area contributed by atoms with Gasteiger partial charge in [-0.15, -0.1) is 6.58 Å². The van der Waals surface area contributed by atoms with Gasteiger partial charge < -0.3 is 24.4 Å². The van der Waals surface area contributed by atoms with Crippen LogP contribution in [0, 0.1) is 31.6 Å². The monoisotopic (exact) mass is 526 g/mol. The molecule has 38 heavy (non-hydrogen) atoms. The predicted molar refractivity (Wildman–Crippen MR) is 144 cm³/mol. The number of hydrogen-bond acceptors (Lipinski definition) is 6. The highest BCUT2D eigenvalue weighted by Crippen LogP contribution is 2.64. The number of ether oxygens (including phenoxy) is 2. The van der Waals surface area contributed by atoms with Crippen molar-refractivity contribution in [2.75, 3.05) is 24.7 Å². The fourth-order valence-corrected chi connectivity index (χ4v) is 7.04. The van der Waals surface area contributed by atoms with Crippen LogP contribution < -0.4 is 4.90 Å². The Kier molecular flexibility index (Phi) is 7.79. The summed E-state index contributed by atoms with van der Waals surface area (Å²) in [5.41, 5.74) is 0.592. The number of carbonyl (C=O) groups is 3. The third-order valence-corrected chi connectivity index (χ3v) is 8.57. The van der Waals surface area contributed by atoms with Crippen LogP contribution >= 0.6 is 0 Å². The molecule has 0 saturated carbocycles. The van der Waals surface area contributed by atoms with E-state index in [1.807, 2.05) is 52.8 Å². The molecule has 8 nitrogen and oxygen atoms in total. The average Bonchev–Trinajstić information content (AvgIpc) is 3.43. The number of likely N-dealkylation sites (tertiary alicyclic amines) is 1. The Labute approximate surface area is 226 Å². The van der Waals surface area contributed by atoms with E-state index in [9.17, 15) is 19.5 Å². The van der Waals surface area contributed by atoms with Crippen molar-refractivity contribution in [3.8, 4) is 0 Å². The van der Waals surface area contributed by atoms with Gasteiger partial charge in [0.25, 0.3) is 5.91 Å². The maximum atomic E-state index is 14.7. The van der Waals surface area contributed by atoms with E-state index < -0.39 is 41.1 Å². The van der Waals surface area contributed by atoms with Gasteiger partial charge >= 0.3 is 5.97 Å².